The molecule has 1 N–H and O–H groups in total. The Morgan fingerprint density at radius 2 is 2.09 bits per heavy atom. The van der Waals surface area contributed by atoms with Gasteiger partial charge in [-0.25, -0.2) is 4.79 Å². The molecule has 3 atom stereocenters. The summed E-state index contributed by atoms with van der Waals surface area (Å²) < 4.78 is 0. The molecule has 2 amide bonds. The van der Waals surface area contributed by atoms with E-state index < -0.39 is 6.03 Å². The van der Waals surface area contributed by atoms with Gasteiger partial charge in [0.2, 0.25) is 0 Å². The zero-order valence-electron chi connectivity index (χ0n) is 12.4. The van der Waals surface area contributed by atoms with Crippen molar-refractivity contribution in [2.75, 3.05) is 12.4 Å². The molecule has 0 aliphatic heterocycles. The molecule has 2 aliphatic rings. The smallest absolute Gasteiger partial charge is 0.330 e. The first-order chi connectivity index (χ1) is 10.7. The fraction of sp³-hybridized carbons (Fsp3) is 0.562. The third kappa shape index (κ3) is 2.82. The maximum absolute atomic E-state index is 12.2. The fourth-order valence-electron chi connectivity index (χ4n) is 3.94. The van der Waals surface area contributed by atoms with Crippen molar-refractivity contribution < 1.29 is 4.79 Å². The van der Waals surface area contributed by atoms with Gasteiger partial charge in [0.1, 0.15) is 0 Å². The quantitative estimate of drug-likeness (QED) is 0.518. The lowest BCUT2D eigenvalue weighted by Gasteiger charge is -2.35. The molecule has 0 spiro atoms. The third-order valence-electron chi connectivity index (χ3n) is 4.90. The zero-order valence-corrected chi connectivity index (χ0v) is 13.1. The molecule has 0 heterocycles. The van der Waals surface area contributed by atoms with Crippen LogP contribution in [0.2, 0.25) is 0 Å². The lowest BCUT2D eigenvalue weighted by Crippen LogP contribution is -2.41. The Labute approximate surface area is 135 Å². The summed E-state index contributed by atoms with van der Waals surface area (Å²) >= 11 is 5.60. The number of nitrogens with zero attached hydrogens (tertiary/aromatic N) is 2. The summed E-state index contributed by atoms with van der Waals surface area (Å²) in [5.41, 5.74) is 2.53. The van der Waals surface area contributed by atoms with E-state index in [1.54, 1.807) is 0 Å². The van der Waals surface area contributed by atoms with E-state index >= 15 is 0 Å². The highest BCUT2D eigenvalue weighted by Gasteiger charge is 2.38. The number of carbonyl (C=O) groups is 1. The average Bonchev–Trinajstić information content (AvgIpc) is 3.01. The molecule has 3 unspecified atom stereocenters. The molecule has 0 radical (unpaired) electrons. The molecule has 0 aromatic heterocycles. The van der Waals surface area contributed by atoms with Crippen LogP contribution in [0.4, 0.5) is 4.79 Å². The summed E-state index contributed by atoms with van der Waals surface area (Å²) in [6.07, 6.45) is 4.62. The standard InChI is InChI=1S/C16H20ClN3O2/c17-8-9-20(19-22)16(21)18-15-10-11-4-3-7-12(11)13-5-1-2-6-14(13)15/h1-2,5-6,11-12,15H,3-4,7-10H2,(H,18,21). The van der Waals surface area contributed by atoms with Gasteiger partial charge in [-0.1, -0.05) is 30.7 Å². The van der Waals surface area contributed by atoms with Crippen LogP contribution in [0.25, 0.3) is 0 Å². The summed E-state index contributed by atoms with van der Waals surface area (Å²) in [6, 6.07) is 7.79. The van der Waals surface area contributed by atoms with E-state index in [2.05, 4.69) is 28.8 Å². The molecule has 2 aliphatic carbocycles. The number of hydrogen-bond donors (Lipinski definition) is 1. The van der Waals surface area contributed by atoms with Crippen LogP contribution in [0.15, 0.2) is 29.6 Å². The third-order valence-corrected chi connectivity index (χ3v) is 5.06. The van der Waals surface area contributed by atoms with Gasteiger partial charge in [0, 0.05) is 5.88 Å². The predicted molar refractivity (Wildman–Crippen MR) is 85.6 cm³/mol. The van der Waals surface area contributed by atoms with Crippen molar-refractivity contribution in [3.63, 3.8) is 0 Å². The number of rotatable bonds is 4. The highest BCUT2D eigenvalue weighted by molar-refractivity contribution is 6.18. The van der Waals surface area contributed by atoms with Gasteiger partial charge in [0.05, 0.1) is 17.9 Å². The van der Waals surface area contributed by atoms with Crippen molar-refractivity contribution in [2.24, 2.45) is 11.2 Å². The van der Waals surface area contributed by atoms with Crippen molar-refractivity contribution in [2.45, 2.75) is 37.6 Å². The van der Waals surface area contributed by atoms with Crippen molar-refractivity contribution in [3.05, 3.63) is 40.3 Å². The van der Waals surface area contributed by atoms with Gasteiger partial charge in [-0.2, -0.15) is 5.01 Å². The van der Waals surface area contributed by atoms with Crippen molar-refractivity contribution in [1.29, 1.82) is 0 Å². The van der Waals surface area contributed by atoms with E-state index in [9.17, 15) is 9.70 Å². The minimum atomic E-state index is -0.466. The molecule has 1 aromatic carbocycles. The topological polar surface area (TPSA) is 61.8 Å². The van der Waals surface area contributed by atoms with Gasteiger partial charge in [0.25, 0.3) is 0 Å². The minimum absolute atomic E-state index is 0.0531. The first kappa shape index (κ1) is 15.3. The summed E-state index contributed by atoms with van der Waals surface area (Å²) in [5, 5.41) is 6.57. The zero-order chi connectivity index (χ0) is 15.5. The van der Waals surface area contributed by atoms with Gasteiger partial charge < -0.3 is 5.32 Å². The van der Waals surface area contributed by atoms with Gasteiger partial charge >= 0.3 is 6.03 Å². The molecule has 118 valence electrons. The highest BCUT2D eigenvalue weighted by atomic mass is 35.5. The van der Waals surface area contributed by atoms with Gasteiger partial charge in [-0.3, -0.25) is 0 Å². The van der Waals surface area contributed by atoms with E-state index in [4.69, 9.17) is 11.6 Å². The van der Waals surface area contributed by atoms with E-state index in [0.29, 0.717) is 11.8 Å². The highest BCUT2D eigenvalue weighted by Crippen LogP contribution is 2.49. The summed E-state index contributed by atoms with van der Waals surface area (Å²) in [5.74, 6) is 1.42. The maximum atomic E-state index is 12.2. The number of fused-ring (bicyclic) bond motifs is 3. The maximum Gasteiger partial charge on any atom is 0.340 e. The second-order valence-corrected chi connectivity index (χ2v) is 6.44. The largest absolute Gasteiger partial charge is 0.340 e. The molecule has 0 saturated heterocycles. The number of alkyl halides is 1. The van der Waals surface area contributed by atoms with E-state index in [0.717, 1.165) is 11.4 Å². The first-order valence-electron chi connectivity index (χ1n) is 7.80. The Hall–Kier alpha value is -1.62. The normalized spacial score (nSPS) is 26.0. The number of hydrogen-bond acceptors (Lipinski definition) is 3. The van der Waals surface area contributed by atoms with Crippen molar-refractivity contribution in [1.82, 2.24) is 10.3 Å². The SMILES string of the molecule is O=NN(CCCl)C(=O)NC1CC2CCCC2c2ccccc21. The predicted octanol–water partition coefficient (Wildman–Crippen LogP) is 3.95. The number of halogens is 1. The van der Waals surface area contributed by atoms with Crippen LogP contribution in [-0.4, -0.2) is 23.5 Å². The Morgan fingerprint density at radius 1 is 1.32 bits per heavy atom. The molecular formula is C16H20ClN3O2. The van der Waals surface area contributed by atoms with Gasteiger partial charge in [-0.15, -0.1) is 16.5 Å². The van der Waals surface area contributed by atoms with Crippen LogP contribution in [0.5, 0.6) is 0 Å². The minimum Gasteiger partial charge on any atom is -0.330 e. The molecule has 1 saturated carbocycles. The molecule has 5 nitrogen and oxygen atoms in total. The van der Waals surface area contributed by atoms with Crippen LogP contribution in [0.1, 0.15) is 48.8 Å². The van der Waals surface area contributed by atoms with Crippen LogP contribution < -0.4 is 5.32 Å². The van der Waals surface area contributed by atoms with Gasteiger partial charge in [-0.05, 0) is 42.2 Å². The number of benzene rings is 1. The molecule has 1 fully saturated rings. The summed E-state index contributed by atoms with van der Waals surface area (Å²) in [7, 11) is 0. The molecule has 1 aromatic rings. The Morgan fingerprint density at radius 3 is 2.82 bits per heavy atom. The van der Waals surface area contributed by atoms with Crippen molar-refractivity contribution in [3.8, 4) is 0 Å². The molecule has 22 heavy (non-hydrogen) atoms. The van der Waals surface area contributed by atoms with E-state index in [1.165, 1.54) is 30.4 Å². The molecular weight excluding hydrogens is 302 g/mol. The monoisotopic (exact) mass is 321 g/mol. The molecule has 3 rings (SSSR count). The number of carbonyl (C=O) groups excluding carboxylic acids is 1. The van der Waals surface area contributed by atoms with Crippen LogP contribution in [0.3, 0.4) is 0 Å². The lowest BCUT2D eigenvalue weighted by atomic mass is 9.74. The Bertz CT molecular complexity index is 566. The van der Waals surface area contributed by atoms with Gasteiger partial charge in [0.15, 0.2) is 0 Å². The second kappa shape index (κ2) is 6.65. The van der Waals surface area contributed by atoms with Crippen LogP contribution in [0, 0.1) is 10.8 Å². The Kier molecular flexibility index (Phi) is 4.62. The van der Waals surface area contributed by atoms with E-state index in [1.807, 2.05) is 6.07 Å². The Balaban J connectivity index is 1.81. The number of nitroso groups, excluding NO2 is 1. The average molecular weight is 322 g/mol. The van der Waals surface area contributed by atoms with E-state index in [-0.39, 0.29) is 18.5 Å². The summed E-state index contributed by atoms with van der Waals surface area (Å²) in [4.78, 5) is 23.0. The first-order valence-corrected chi connectivity index (χ1v) is 8.34. The van der Waals surface area contributed by atoms with Crippen LogP contribution >= 0.6 is 11.6 Å². The van der Waals surface area contributed by atoms with Crippen LogP contribution in [-0.2, 0) is 0 Å². The number of amides is 2. The fourth-order valence-corrected chi connectivity index (χ4v) is 4.10. The lowest BCUT2D eigenvalue weighted by molar-refractivity contribution is 0.193. The van der Waals surface area contributed by atoms with Crippen molar-refractivity contribution >= 4 is 17.6 Å². The molecule has 0 bridgehead atoms. The second-order valence-electron chi connectivity index (χ2n) is 6.06. The summed E-state index contributed by atoms with van der Waals surface area (Å²) in [6.45, 7) is 0.122. The number of urea groups is 1. The number of nitrogens with one attached hydrogen (secondary N) is 1. The molecule has 6 heteroatoms.